The third kappa shape index (κ3) is 7.54. The maximum absolute atomic E-state index is 14.9. The Bertz CT molecular complexity index is 1800. The fourth-order valence-corrected chi connectivity index (χ4v) is 5.30. The van der Waals surface area contributed by atoms with Gasteiger partial charge in [-0.3, -0.25) is 9.69 Å². The highest BCUT2D eigenvalue weighted by atomic mass is 32.2. The minimum Gasteiger partial charge on any atom is -0.497 e. The van der Waals surface area contributed by atoms with Crippen LogP contribution >= 0.6 is 11.8 Å². The van der Waals surface area contributed by atoms with Gasteiger partial charge in [0.2, 0.25) is 5.91 Å². The van der Waals surface area contributed by atoms with E-state index in [4.69, 9.17) is 4.74 Å². The monoisotopic (exact) mass is 654 g/mol. The number of anilines is 1. The van der Waals surface area contributed by atoms with Crippen molar-refractivity contribution in [1.82, 2.24) is 20.1 Å². The Balaban J connectivity index is 1.25. The lowest BCUT2D eigenvalue weighted by molar-refractivity contribution is -0.274. The number of rotatable bonds is 8. The van der Waals surface area contributed by atoms with Crippen molar-refractivity contribution in [3.63, 3.8) is 0 Å². The van der Waals surface area contributed by atoms with Crippen LogP contribution in [-0.2, 0) is 4.79 Å². The molecule has 0 saturated carbocycles. The number of urea groups is 1. The fraction of sp³-hybridized carbons (Fsp3) is 0.194. The normalized spacial score (nSPS) is 14.7. The Morgan fingerprint density at radius 1 is 1.07 bits per heavy atom. The second-order valence-corrected chi connectivity index (χ2v) is 11.0. The smallest absolute Gasteiger partial charge is 0.497 e. The van der Waals surface area contributed by atoms with Crippen molar-refractivity contribution < 1.29 is 36.6 Å². The van der Waals surface area contributed by atoms with Crippen LogP contribution in [0.25, 0.3) is 22.9 Å². The lowest BCUT2D eigenvalue weighted by Crippen LogP contribution is -2.31. The Hall–Kier alpha value is -5.18. The molecular weight excluding hydrogens is 628 g/mol. The van der Waals surface area contributed by atoms with Crippen LogP contribution in [0, 0.1) is 0 Å². The Kier molecular flexibility index (Phi) is 9.41. The number of benzene rings is 3. The topological polar surface area (TPSA) is 111 Å². The summed E-state index contributed by atoms with van der Waals surface area (Å²) in [5, 5.41) is 6.78. The van der Waals surface area contributed by atoms with Gasteiger partial charge in [-0.25, -0.2) is 18.9 Å². The third-order valence-electron chi connectivity index (χ3n) is 6.63. The zero-order valence-corrected chi connectivity index (χ0v) is 25.4. The predicted molar refractivity (Wildman–Crippen MR) is 166 cm³/mol. The summed E-state index contributed by atoms with van der Waals surface area (Å²) in [7, 11) is 1.52. The molecule has 4 aromatic rings. The van der Waals surface area contributed by atoms with E-state index in [9.17, 15) is 27.2 Å². The van der Waals surface area contributed by atoms with Crippen LogP contribution in [-0.4, -0.2) is 51.1 Å². The molecule has 0 atom stereocenters. The molecule has 1 saturated heterocycles. The SMILES string of the molecule is COc1ccc(C(C)C)c(N2C(=O)CS/C2=N\C(=O)N/C=C(\F)c2ccc(-c3ncn(-c4ccc(OC(F)(F)F)cc4)n3)cc2)c1. The number of amidine groups is 1. The lowest BCUT2D eigenvalue weighted by atomic mass is 10.00. The van der Waals surface area contributed by atoms with Gasteiger partial charge in [0.25, 0.3) is 0 Å². The number of amides is 3. The first-order valence-corrected chi connectivity index (χ1v) is 14.7. The number of alkyl halides is 3. The van der Waals surface area contributed by atoms with Crippen molar-refractivity contribution in [3.8, 4) is 28.6 Å². The highest BCUT2D eigenvalue weighted by Gasteiger charge is 2.33. The number of aliphatic imine (C=N–C) groups is 1. The first kappa shape index (κ1) is 32.2. The molecule has 3 aromatic carbocycles. The van der Waals surface area contributed by atoms with Crippen LogP contribution < -0.4 is 19.7 Å². The molecule has 0 bridgehead atoms. The second kappa shape index (κ2) is 13.4. The van der Waals surface area contributed by atoms with Gasteiger partial charge in [0.15, 0.2) is 11.0 Å². The molecule has 1 N–H and O–H groups in total. The number of aromatic nitrogens is 3. The van der Waals surface area contributed by atoms with Gasteiger partial charge in [0.1, 0.15) is 23.7 Å². The summed E-state index contributed by atoms with van der Waals surface area (Å²) in [4.78, 5) is 35.0. The molecule has 1 aliphatic heterocycles. The van der Waals surface area contributed by atoms with E-state index >= 15 is 0 Å². The number of nitrogens with zero attached hydrogens (tertiary/aromatic N) is 5. The average molecular weight is 655 g/mol. The van der Waals surface area contributed by atoms with Gasteiger partial charge in [0, 0.05) is 23.4 Å². The van der Waals surface area contributed by atoms with Crippen molar-refractivity contribution in [2.24, 2.45) is 4.99 Å². The average Bonchev–Trinajstić information content (AvgIpc) is 3.66. The van der Waals surface area contributed by atoms with Gasteiger partial charge in [-0.2, -0.15) is 4.99 Å². The molecule has 0 aliphatic carbocycles. The maximum Gasteiger partial charge on any atom is 0.573 e. The van der Waals surface area contributed by atoms with Crippen LogP contribution in [0.2, 0.25) is 0 Å². The van der Waals surface area contributed by atoms with E-state index in [1.54, 1.807) is 24.3 Å². The number of halogens is 4. The fourth-order valence-electron chi connectivity index (χ4n) is 4.44. The minimum absolute atomic E-state index is 0.0757. The number of thioether (sulfide) groups is 1. The van der Waals surface area contributed by atoms with Gasteiger partial charge in [-0.05, 0) is 41.8 Å². The number of hydrogen-bond donors (Lipinski definition) is 1. The van der Waals surface area contributed by atoms with Crippen molar-refractivity contribution in [2.45, 2.75) is 26.1 Å². The number of nitrogens with one attached hydrogen (secondary N) is 1. The summed E-state index contributed by atoms with van der Waals surface area (Å²) < 4.78 is 62.7. The van der Waals surface area contributed by atoms with Crippen molar-refractivity contribution >= 4 is 40.4 Å². The number of carbonyl (C=O) groups is 2. The molecule has 238 valence electrons. The standard InChI is InChI=1S/C31H26F4N6O4S/c1-18(2)24-13-12-23(44-3)14-26(24)41-27(42)16-46-30(41)38-29(43)36-15-25(32)19-4-6-20(7-5-19)28-37-17-40(39-28)21-8-10-22(11-9-21)45-31(33,34)35/h4-15,17-18H,16H2,1-3H3,(H,36,43)/b25-15-,38-30-. The molecule has 5 rings (SSSR count). The van der Waals surface area contributed by atoms with Gasteiger partial charge >= 0.3 is 12.4 Å². The molecule has 46 heavy (non-hydrogen) atoms. The minimum atomic E-state index is -4.79. The molecular formula is C31H26F4N6O4S. The summed E-state index contributed by atoms with van der Waals surface area (Å²) in [6.07, 6.45) is -2.54. The van der Waals surface area contributed by atoms with E-state index in [1.165, 1.54) is 47.3 Å². The lowest BCUT2D eigenvalue weighted by Gasteiger charge is -2.22. The van der Waals surface area contributed by atoms with Crippen LogP contribution in [0.4, 0.5) is 28.0 Å². The molecule has 15 heteroatoms. The molecule has 1 aromatic heterocycles. The maximum atomic E-state index is 14.9. The highest BCUT2D eigenvalue weighted by molar-refractivity contribution is 8.15. The molecule has 1 fully saturated rings. The number of hydrogen-bond acceptors (Lipinski definition) is 7. The summed E-state index contributed by atoms with van der Waals surface area (Å²) in [6, 6.07) is 15.7. The van der Waals surface area contributed by atoms with Crippen LogP contribution in [0.3, 0.4) is 0 Å². The van der Waals surface area contributed by atoms with Gasteiger partial charge in [0.05, 0.1) is 24.2 Å². The van der Waals surface area contributed by atoms with Crippen molar-refractivity contribution in [3.05, 3.63) is 90.4 Å². The molecule has 0 radical (unpaired) electrons. The first-order valence-electron chi connectivity index (χ1n) is 13.7. The number of ether oxygens (including phenoxy) is 2. The molecule has 1 aliphatic rings. The molecule has 10 nitrogen and oxygen atoms in total. The second-order valence-electron chi connectivity index (χ2n) is 10.1. The Morgan fingerprint density at radius 2 is 1.76 bits per heavy atom. The Labute approximate surface area is 264 Å². The summed E-state index contributed by atoms with van der Waals surface area (Å²) >= 11 is 1.10. The predicted octanol–water partition coefficient (Wildman–Crippen LogP) is 7.08. The van der Waals surface area contributed by atoms with E-state index in [2.05, 4.69) is 25.1 Å². The summed E-state index contributed by atoms with van der Waals surface area (Å²) in [6.45, 7) is 3.96. The largest absolute Gasteiger partial charge is 0.573 e. The zero-order chi connectivity index (χ0) is 33.0. The summed E-state index contributed by atoms with van der Waals surface area (Å²) in [5.41, 5.74) is 2.58. The first-order chi connectivity index (χ1) is 21.9. The summed E-state index contributed by atoms with van der Waals surface area (Å²) in [5.74, 6) is -0.362. The van der Waals surface area contributed by atoms with Gasteiger partial charge in [-0.15, -0.1) is 18.3 Å². The van der Waals surface area contributed by atoms with E-state index < -0.39 is 18.2 Å². The Morgan fingerprint density at radius 3 is 2.41 bits per heavy atom. The molecule has 3 amide bonds. The van der Waals surface area contributed by atoms with Crippen molar-refractivity contribution in [1.29, 1.82) is 0 Å². The zero-order valence-electron chi connectivity index (χ0n) is 24.6. The van der Waals surface area contributed by atoms with Crippen LogP contribution in [0.15, 0.2) is 84.2 Å². The van der Waals surface area contributed by atoms with Crippen LogP contribution in [0.5, 0.6) is 11.5 Å². The molecule has 2 heterocycles. The molecule has 0 spiro atoms. The van der Waals surface area contributed by atoms with E-state index in [-0.39, 0.29) is 34.1 Å². The van der Waals surface area contributed by atoms with E-state index in [1.807, 2.05) is 19.9 Å². The van der Waals surface area contributed by atoms with Gasteiger partial charge in [-0.1, -0.05) is 55.9 Å². The van der Waals surface area contributed by atoms with Gasteiger partial charge < -0.3 is 14.8 Å². The number of carbonyl (C=O) groups excluding carboxylic acids is 2. The quantitative estimate of drug-likeness (QED) is 0.202. The van der Waals surface area contributed by atoms with E-state index in [0.29, 0.717) is 28.5 Å². The van der Waals surface area contributed by atoms with Crippen molar-refractivity contribution in [2.75, 3.05) is 17.8 Å². The number of methoxy groups -OCH3 is 1. The van der Waals surface area contributed by atoms with Crippen LogP contribution in [0.1, 0.15) is 30.9 Å². The molecule has 0 unspecified atom stereocenters. The third-order valence-corrected chi connectivity index (χ3v) is 7.55. The van der Waals surface area contributed by atoms with E-state index in [0.717, 1.165) is 35.7 Å². The highest BCUT2D eigenvalue weighted by Crippen LogP contribution is 2.36.